The molecule has 3 aliphatic heterocycles. The number of hydrogen-bond acceptors (Lipinski definition) is 5. The fraction of sp³-hybridized carbons (Fsp3) is 0.545. The minimum absolute atomic E-state index is 0.225. The van der Waals surface area contributed by atoms with Gasteiger partial charge in [0, 0.05) is 39.3 Å². The van der Waals surface area contributed by atoms with Crippen LogP contribution >= 0.6 is 0 Å². The van der Waals surface area contributed by atoms with Crippen molar-refractivity contribution in [3.63, 3.8) is 0 Å². The summed E-state index contributed by atoms with van der Waals surface area (Å²) in [5.74, 6) is -0.241. The first-order valence-electron chi connectivity index (χ1n) is 10.5. The molecule has 1 aromatic rings. The SMILES string of the molecule is CC1CCN(C2=C(c3ccc(F)cc3)C(=O)N(CCN3CCOCC3)C2=O)CC1. The van der Waals surface area contributed by atoms with E-state index in [0.29, 0.717) is 49.1 Å². The smallest absolute Gasteiger partial charge is 0.277 e. The number of benzene rings is 1. The van der Waals surface area contributed by atoms with Gasteiger partial charge in [-0.3, -0.25) is 19.4 Å². The number of hydrogen-bond donors (Lipinski definition) is 0. The highest BCUT2D eigenvalue weighted by molar-refractivity contribution is 6.35. The van der Waals surface area contributed by atoms with Gasteiger partial charge in [-0.15, -0.1) is 0 Å². The molecule has 0 aromatic heterocycles. The van der Waals surface area contributed by atoms with E-state index in [4.69, 9.17) is 4.74 Å². The number of amides is 2. The van der Waals surface area contributed by atoms with Crippen molar-refractivity contribution in [3.8, 4) is 0 Å². The zero-order valence-electron chi connectivity index (χ0n) is 16.9. The van der Waals surface area contributed by atoms with E-state index in [9.17, 15) is 14.0 Å². The van der Waals surface area contributed by atoms with Gasteiger partial charge < -0.3 is 9.64 Å². The monoisotopic (exact) mass is 401 g/mol. The summed E-state index contributed by atoms with van der Waals surface area (Å²) >= 11 is 0. The van der Waals surface area contributed by atoms with Crippen molar-refractivity contribution in [1.82, 2.24) is 14.7 Å². The van der Waals surface area contributed by atoms with E-state index in [-0.39, 0.29) is 17.6 Å². The minimum Gasteiger partial charge on any atom is -0.379 e. The normalized spacial score (nSPS) is 22.1. The Labute approximate surface area is 170 Å². The number of ether oxygens (including phenoxy) is 1. The molecule has 3 heterocycles. The summed E-state index contributed by atoms with van der Waals surface area (Å²) in [4.78, 5) is 32.2. The van der Waals surface area contributed by atoms with Gasteiger partial charge in [-0.05, 0) is 36.5 Å². The van der Waals surface area contributed by atoms with Gasteiger partial charge in [-0.1, -0.05) is 19.1 Å². The number of morpholine rings is 1. The molecule has 0 spiro atoms. The lowest BCUT2D eigenvalue weighted by Gasteiger charge is -2.33. The maximum absolute atomic E-state index is 13.4. The van der Waals surface area contributed by atoms with Crippen LogP contribution in [0.25, 0.3) is 5.57 Å². The maximum atomic E-state index is 13.4. The highest BCUT2D eigenvalue weighted by atomic mass is 19.1. The number of piperidine rings is 1. The molecule has 4 rings (SSSR count). The van der Waals surface area contributed by atoms with Crippen LogP contribution in [-0.4, -0.2) is 79.0 Å². The number of carbonyl (C=O) groups is 2. The highest BCUT2D eigenvalue weighted by Gasteiger charge is 2.42. The van der Waals surface area contributed by atoms with Crippen LogP contribution in [0, 0.1) is 11.7 Å². The number of halogens is 1. The van der Waals surface area contributed by atoms with Gasteiger partial charge in [0.25, 0.3) is 11.8 Å². The molecule has 0 unspecified atom stereocenters. The molecule has 0 bridgehead atoms. The van der Waals surface area contributed by atoms with Crippen molar-refractivity contribution in [3.05, 3.63) is 41.3 Å². The first kappa shape index (κ1) is 20.0. The van der Waals surface area contributed by atoms with Crippen molar-refractivity contribution >= 4 is 17.4 Å². The van der Waals surface area contributed by atoms with E-state index in [0.717, 1.165) is 39.0 Å². The van der Waals surface area contributed by atoms with Gasteiger partial charge in [-0.2, -0.15) is 0 Å². The predicted octanol–water partition coefficient (Wildman–Crippen LogP) is 1.97. The first-order chi connectivity index (χ1) is 14.0. The third-order valence-corrected chi connectivity index (χ3v) is 6.12. The van der Waals surface area contributed by atoms with E-state index >= 15 is 0 Å². The number of nitrogens with zero attached hydrogens (tertiary/aromatic N) is 3. The summed E-state index contributed by atoms with van der Waals surface area (Å²) < 4.78 is 18.8. The fourth-order valence-corrected chi connectivity index (χ4v) is 4.23. The largest absolute Gasteiger partial charge is 0.379 e. The Kier molecular flexibility index (Phi) is 5.96. The van der Waals surface area contributed by atoms with Crippen LogP contribution in [0.1, 0.15) is 25.3 Å². The molecule has 3 aliphatic rings. The molecular weight excluding hydrogens is 373 g/mol. The van der Waals surface area contributed by atoms with E-state index in [1.807, 2.05) is 4.90 Å². The average Bonchev–Trinajstić information content (AvgIpc) is 2.98. The molecule has 0 atom stereocenters. The van der Waals surface area contributed by atoms with Crippen LogP contribution in [0.5, 0.6) is 0 Å². The molecule has 2 saturated heterocycles. The topological polar surface area (TPSA) is 53.1 Å². The summed E-state index contributed by atoms with van der Waals surface area (Å²) in [5, 5.41) is 0. The van der Waals surface area contributed by atoms with Crippen LogP contribution in [-0.2, 0) is 14.3 Å². The predicted molar refractivity (Wildman–Crippen MR) is 107 cm³/mol. The second-order valence-electron chi connectivity index (χ2n) is 8.12. The lowest BCUT2D eigenvalue weighted by Crippen LogP contribution is -2.44. The number of likely N-dealkylation sites (tertiary alicyclic amines) is 1. The average molecular weight is 401 g/mol. The van der Waals surface area contributed by atoms with Crippen molar-refractivity contribution in [1.29, 1.82) is 0 Å². The fourth-order valence-electron chi connectivity index (χ4n) is 4.23. The molecule has 1 aromatic carbocycles. The van der Waals surface area contributed by atoms with Crippen molar-refractivity contribution < 1.29 is 18.7 Å². The van der Waals surface area contributed by atoms with E-state index < -0.39 is 0 Å². The quantitative estimate of drug-likeness (QED) is 0.706. The van der Waals surface area contributed by atoms with Gasteiger partial charge in [0.2, 0.25) is 0 Å². The molecule has 29 heavy (non-hydrogen) atoms. The molecule has 7 heteroatoms. The van der Waals surface area contributed by atoms with Crippen LogP contribution in [0.3, 0.4) is 0 Å². The Hall–Kier alpha value is -2.25. The highest BCUT2D eigenvalue weighted by Crippen LogP contribution is 2.33. The summed E-state index contributed by atoms with van der Waals surface area (Å²) in [6, 6.07) is 5.86. The molecule has 0 saturated carbocycles. The summed E-state index contributed by atoms with van der Waals surface area (Å²) in [5.41, 5.74) is 1.49. The molecule has 2 fully saturated rings. The molecule has 2 amide bonds. The van der Waals surface area contributed by atoms with Crippen LogP contribution in [0.15, 0.2) is 30.0 Å². The Bertz CT molecular complexity index is 794. The summed E-state index contributed by atoms with van der Waals surface area (Å²) in [6.45, 7) is 7.71. The third-order valence-electron chi connectivity index (χ3n) is 6.12. The zero-order chi connectivity index (χ0) is 20.4. The Balaban J connectivity index is 1.59. The second kappa shape index (κ2) is 8.63. The first-order valence-corrected chi connectivity index (χ1v) is 10.5. The lowest BCUT2D eigenvalue weighted by molar-refractivity contribution is -0.138. The van der Waals surface area contributed by atoms with Gasteiger partial charge in [0.15, 0.2) is 0 Å². The van der Waals surface area contributed by atoms with Crippen LogP contribution in [0.2, 0.25) is 0 Å². The van der Waals surface area contributed by atoms with Crippen molar-refractivity contribution in [2.75, 3.05) is 52.5 Å². The van der Waals surface area contributed by atoms with Crippen LogP contribution in [0.4, 0.5) is 4.39 Å². The van der Waals surface area contributed by atoms with Gasteiger partial charge in [0.05, 0.1) is 18.8 Å². The Morgan fingerprint density at radius 1 is 0.966 bits per heavy atom. The Morgan fingerprint density at radius 3 is 2.28 bits per heavy atom. The van der Waals surface area contributed by atoms with Crippen molar-refractivity contribution in [2.24, 2.45) is 5.92 Å². The van der Waals surface area contributed by atoms with Crippen LogP contribution < -0.4 is 0 Å². The molecule has 6 nitrogen and oxygen atoms in total. The summed E-state index contributed by atoms with van der Waals surface area (Å²) in [6.07, 6.45) is 1.99. The minimum atomic E-state index is -0.358. The summed E-state index contributed by atoms with van der Waals surface area (Å²) in [7, 11) is 0. The third kappa shape index (κ3) is 4.21. The van der Waals surface area contributed by atoms with E-state index in [1.54, 1.807) is 12.1 Å². The molecular formula is C22H28FN3O3. The van der Waals surface area contributed by atoms with Gasteiger partial charge >= 0.3 is 0 Å². The number of carbonyl (C=O) groups excluding carboxylic acids is 2. The number of imide groups is 1. The molecule has 156 valence electrons. The molecule has 0 N–H and O–H groups in total. The van der Waals surface area contributed by atoms with E-state index in [2.05, 4.69) is 11.8 Å². The molecule has 0 radical (unpaired) electrons. The second-order valence-corrected chi connectivity index (χ2v) is 8.12. The number of rotatable bonds is 5. The van der Waals surface area contributed by atoms with Gasteiger partial charge in [0.1, 0.15) is 11.5 Å². The zero-order valence-corrected chi connectivity index (χ0v) is 16.9. The maximum Gasteiger partial charge on any atom is 0.277 e. The Morgan fingerprint density at radius 2 is 1.62 bits per heavy atom. The van der Waals surface area contributed by atoms with Crippen molar-refractivity contribution in [2.45, 2.75) is 19.8 Å². The lowest BCUT2D eigenvalue weighted by atomic mass is 9.97. The molecule has 0 aliphatic carbocycles. The van der Waals surface area contributed by atoms with E-state index in [1.165, 1.54) is 17.0 Å². The van der Waals surface area contributed by atoms with Gasteiger partial charge in [-0.25, -0.2) is 4.39 Å². The standard InChI is InChI=1S/C22H28FN3O3/c1-16-6-8-25(9-7-16)20-19(17-2-4-18(23)5-3-17)21(27)26(22(20)28)11-10-24-12-14-29-15-13-24/h2-5,16H,6-15H2,1H3.